The van der Waals surface area contributed by atoms with E-state index in [4.69, 9.17) is 4.74 Å². The van der Waals surface area contributed by atoms with E-state index < -0.39 is 5.60 Å². The zero-order valence-electron chi connectivity index (χ0n) is 12.5. The third kappa shape index (κ3) is 6.13. The quantitative estimate of drug-likeness (QED) is 0.785. The predicted molar refractivity (Wildman–Crippen MR) is 83.5 cm³/mol. The molecular formula is C15H24N2O3S. The Hall–Kier alpha value is -0.950. The van der Waals surface area contributed by atoms with Crippen LogP contribution in [0.2, 0.25) is 0 Å². The van der Waals surface area contributed by atoms with Gasteiger partial charge in [-0.25, -0.2) is 0 Å². The summed E-state index contributed by atoms with van der Waals surface area (Å²) in [6.45, 7) is 5.70. The zero-order valence-corrected chi connectivity index (χ0v) is 13.3. The Morgan fingerprint density at radius 1 is 1.52 bits per heavy atom. The Kier molecular flexibility index (Phi) is 6.17. The summed E-state index contributed by atoms with van der Waals surface area (Å²) in [5.74, 6) is -0.0107. The highest BCUT2D eigenvalue weighted by atomic mass is 32.1. The first kappa shape index (κ1) is 16.4. The molecule has 21 heavy (non-hydrogen) atoms. The van der Waals surface area contributed by atoms with Crippen molar-refractivity contribution in [1.82, 2.24) is 10.2 Å². The number of aliphatic hydroxyl groups is 1. The van der Waals surface area contributed by atoms with Crippen LogP contribution in [-0.2, 0) is 16.0 Å². The van der Waals surface area contributed by atoms with Crippen LogP contribution >= 0.6 is 11.3 Å². The molecule has 1 amide bonds. The molecule has 5 nitrogen and oxygen atoms in total. The molecule has 0 saturated carbocycles. The topological polar surface area (TPSA) is 61.8 Å². The van der Waals surface area contributed by atoms with Gasteiger partial charge in [-0.1, -0.05) is 0 Å². The first-order valence-electron chi connectivity index (χ1n) is 7.35. The summed E-state index contributed by atoms with van der Waals surface area (Å²) in [5, 5.41) is 17.3. The van der Waals surface area contributed by atoms with Crippen molar-refractivity contribution in [3.63, 3.8) is 0 Å². The van der Waals surface area contributed by atoms with Crippen LogP contribution in [-0.4, -0.2) is 60.9 Å². The summed E-state index contributed by atoms with van der Waals surface area (Å²) in [6.07, 6.45) is 1.21. The van der Waals surface area contributed by atoms with E-state index in [2.05, 4.69) is 15.6 Å². The number of nitrogens with zero attached hydrogens (tertiary/aromatic N) is 1. The van der Waals surface area contributed by atoms with E-state index >= 15 is 0 Å². The summed E-state index contributed by atoms with van der Waals surface area (Å²) in [4.78, 5) is 14.0. The van der Waals surface area contributed by atoms with E-state index in [0.29, 0.717) is 26.2 Å². The van der Waals surface area contributed by atoms with Crippen LogP contribution in [0.1, 0.15) is 18.9 Å². The van der Waals surface area contributed by atoms with Crippen molar-refractivity contribution in [1.29, 1.82) is 0 Å². The number of hydrogen-bond acceptors (Lipinski definition) is 5. The van der Waals surface area contributed by atoms with Crippen molar-refractivity contribution >= 4 is 17.2 Å². The van der Waals surface area contributed by atoms with Gasteiger partial charge < -0.3 is 15.2 Å². The fourth-order valence-corrected chi connectivity index (χ4v) is 3.07. The molecular weight excluding hydrogens is 288 g/mol. The third-order valence-corrected chi connectivity index (χ3v) is 4.29. The van der Waals surface area contributed by atoms with Crippen LogP contribution in [0.25, 0.3) is 0 Å². The fraction of sp³-hybridized carbons (Fsp3) is 0.667. The van der Waals surface area contributed by atoms with Crippen molar-refractivity contribution in [2.75, 3.05) is 39.4 Å². The number of carbonyl (C=O) groups is 1. The molecule has 1 aliphatic rings. The van der Waals surface area contributed by atoms with Gasteiger partial charge in [0.2, 0.25) is 5.91 Å². The zero-order chi connectivity index (χ0) is 15.1. The van der Waals surface area contributed by atoms with Crippen molar-refractivity contribution < 1.29 is 14.6 Å². The smallest absolute Gasteiger partial charge is 0.220 e. The van der Waals surface area contributed by atoms with Crippen LogP contribution in [0.4, 0.5) is 0 Å². The maximum atomic E-state index is 11.8. The van der Waals surface area contributed by atoms with Gasteiger partial charge in [-0.15, -0.1) is 0 Å². The number of amides is 1. The lowest BCUT2D eigenvalue weighted by Crippen LogP contribution is -2.51. The number of carbonyl (C=O) groups excluding carboxylic acids is 1. The molecule has 6 heteroatoms. The number of nitrogens with one attached hydrogen (secondary N) is 1. The van der Waals surface area contributed by atoms with Crippen LogP contribution in [0, 0.1) is 0 Å². The molecule has 0 aromatic carbocycles. The molecule has 0 aliphatic carbocycles. The van der Waals surface area contributed by atoms with Crippen molar-refractivity contribution in [3.8, 4) is 0 Å². The lowest BCUT2D eigenvalue weighted by molar-refractivity contribution is -0.122. The Bertz CT molecular complexity index is 428. The second kappa shape index (κ2) is 7.89. The van der Waals surface area contributed by atoms with Gasteiger partial charge in [0.25, 0.3) is 0 Å². The number of morpholine rings is 1. The van der Waals surface area contributed by atoms with E-state index in [1.54, 1.807) is 18.3 Å². The highest BCUT2D eigenvalue weighted by molar-refractivity contribution is 7.07. The van der Waals surface area contributed by atoms with Crippen LogP contribution in [0.15, 0.2) is 16.8 Å². The largest absolute Gasteiger partial charge is 0.387 e. The average molecular weight is 312 g/mol. The number of thiophene rings is 1. The monoisotopic (exact) mass is 312 g/mol. The standard InChI is InChI=1S/C15H24N2O3S/c1-15(19,12-17-5-7-20-8-6-17)11-16-14(18)3-2-13-4-9-21-10-13/h4,9-10,19H,2-3,5-8,11-12H2,1H3,(H,16,18). The second-order valence-corrected chi connectivity index (χ2v) is 6.57. The molecule has 118 valence electrons. The number of rotatable bonds is 7. The predicted octanol–water partition coefficient (Wildman–Crippen LogP) is 0.880. The molecule has 0 radical (unpaired) electrons. The lowest BCUT2D eigenvalue weighted by atomic mass is 10.1. The summed E-state index contributed by atoms with van der Waals surface area (Å²) in [6, 6.07) is 2.03. The van der Waals surface area contributed by atoms with Gasteiger partial charge in [-0.3, -0.25) is 9.69 Å². The van der Waals surface area contributed by atoms with Gasteiger partial charge in [0.05, 0.1) is 18.8 Å². The Labute approximate surface area is 129 Å². The van der Waals surface area contributed by atoms with E-state index in [9.17, 15) is 9.90 Å². The summed E-state index contributed by atoms with van der Waals surface area (Å²) in [5.41, 5.74) is 0.283. The van der Waals surface area contributed by atoms with Gasteiger partial charge in [0.15, 0.2) is 0 Å². The minimum atomic E-state index is -0.907. The second-order valence-electron chi connectivity index (χ2n) is 5.79. The molecule has 2 heterocycles. The molecule has 1 saturated heterocycles. The van der Waals surface area contributed by atoms with E-state index in [0.717, 1.165) is 19.5 Å². The van der Waals surface area contributed by atoms with Crippen LogP contribution in [0.3, 0.4) is 0 Å². The van der Waals surface area contributed by atoms with E-state index in [1.165, 1.54) is 5.56 Å². The number of ether oxygens (including phenoxy) is 1. The molecule has 1 aliphatic heterocycles. The summed E-state index contributed by atoms with van der Waals surface area (Å²) in [7, 11) is 0. The molecule has 0 bridgehead atoms. The Morgan fingerprint density at radius 2 is 2.29 bits per heavy atom. The molecule has 1 atom stereocenters. The van der Waals surface area contributed by atoms with Crippen LogP contribution in [0.5, 0.6) is 0 Å². The number of hydrogen-bond donors (Lipinski definition) is 2. The Morgan fingerprint density at radius 3 is 2.95 bits per heavy atom. The van der Waals surface area contributed by atoms with E-state index in [1.807, 2.05) is 11.4 Å². The molecule has 1 fully saturated rings. The van der Waals surface area contributed by atoms with Crippen molar-refractivity contribution in [3.05, 3.63) is 22.4 Å². The lowest BCUT2D eigenvalue weighted by Gasteiger charge is -2.33. The molecule has 1 aromatic rings. The highest BCUT2D eigenvalue weighted by Crippen LogP contribution is 2.09. The SMILES string of the molecule is CC(O)(CNC(=O)CCc1ccsc1)CN1CCOCC1. The number of β-amino-alcohol motifs (C(OH)–C–C–N with tert-alkyl or cyclic N) is 1. The summed E-state index contributed by atoms with van der Waals surface area (Å²) >= 11 is 1.64. The average Bonchev–Trinajstić information content (AvgIpc) is 2.97. The van der Waals surface area contributed by atoms with Crippen molar-refractivity contribution in [2.45, 2.75) is 25.4 Å². The first-order valence-corrected chi connectivity index (χ1v) is 8.30. The Balaban J connectivity index is 1.66. The van der Waals surface area contributed by atoms with Gasteiger partial charge in [-0.2, -0.15) is 11.3 Å². The van der Waals surface area contributed by atoms with Crippen molar-refractivity contribution in [2.24, 2.45) is 0 Å². The highest BCUT2D eigenvalue weighted by Gasteiger charge is 2.25. The van der Waals surface area contributed by atoms with Gasteiger partial charge in [0, 0.05) is 32.6 Å². The van der Waals surface area contributed by atoms with E-state index in [-0.39, 0.29) is 12.5 Å². The maximum absolute atomic E-state index is 11.8. The summed E-state index contributed by atoms with van der Waals surface area (Å²) < 4.78 is 5.29. The first-order chi connectivity index (χ1) is 10.1. The maximum Gasteiger partial charge on any atom is 0.220 e. The van der Waals surface area contributed by atoms with Gasteiger partial charge in [0.1, 0.15) is 0 Å². The molecule has 2 rings (SSSR count). The molecule has 1 unspecified atom stereocenters. The number of aryl methyl sites for hydroxylation is 1. The third-order valence-electron chi connectivity index (χ3n) is 3.56. The molecule has 1 aromatic heterocycles. The minimum absolute atomic E-state index is 0.0107. The van der Waals surface area contributed by atoms with Gasteiger partial charge in [-0.05, 0) is 35.7 Å². The normalized spacial score (nSPS) is 19.1. The molecule has 2 N–H and O–H groups in total. The van der Waals surface area contributed by atoms with Gasteiger partial charge >= 0.3 is 0 Å². The fourth-order valence-electron chi connectivity index (χ4n) is 2.37. The minimum Gasteiger partial charge on any atom is -0.387 e. The molecule has 0 spiro atoms. The van der Waals surface area contributed by atoms with Crippen LogP contribution < -0.4 is 5.32 Å².